The van der Waals surface area contributed by atoms with E-state index in [1.54, 1.807) is 6.07 Å². The number of sulfonamides is 1. The summed E-state index contributed by atoms with van der Waals surface area (Å²) in [5.74, 6) is -0.0842. The van der Waals surface area contributed by atoms with Crippen molar-refractivity contribution in [3.05, 3.63) is 23.8 Å². The molecule has 0 aliphatic carbocycles. The predicted octanol–water partition coefficient (Wildman–Crippen LogP) is -0.419. The lowest BCUT2D eigenvalue weighted by molar-refractivity contribution is 0.0947. The SMILES string of the molecule is COc1ccc(C(=O)NCCN2CCNCC2)cc1S(=O)(=O)N(C)C. The largest absolute Gasteiger partial charge is 0.495 e. The molecule has 0 bridgehead atoms. The molecule has 0 radical (unpaired) electrons. The molecule has 0 spiro atoms. The van der Waals surface area contributed by atoms with Crippen molar-refractivity contribution in [3.63, 3.8) is 0 Å². The second-order valence-corrected chi connectivity index (χ2v) is 8.12. The monoisotopic (exact) mass is 370 g/mol. The van der Waals surface area contributed by atoms with Gasteiger partial charge in [0, 0.05) is 58.9 Å². The van der Waals surface area contributed by atoms with Crippen molar-refractivity contribution in [1.29, 1.82) is 0 Å². The zero-order valence-corrected chi connectivity index (χ0v) is 15.7. The number of nitrogens with zero attached hydrogens (tertiary/aromatic N) is 2. The Bertz CT molecular complexity index is 700. The molecule has 0 unspecified atom stereocenters. The minimum atomic E-state index is -3.70. The number of benzene rings is 1. The molecule has 1 aliphatic heterocycles. The van der Waals surface area contributed by atoms with Crippen LogP contribution in [0.5, 0.6) is 5.75 Å². The molecule has 2 N–H and O–H groups in total. The lowest BCUT2D eigenvalue weighted by atomic mass is 10.2. The van der Waals surface area contributed by atoms with Gasteiger partial charge in [-0.25, -0.2) is 12.7 Å². The van der Waals surface area contributed by atoms with Crippen molar-refractivity contribution in [2.45, 2.75) is 4.90 Å². The van der Waals surface area contributed by atoms with Gasteiger partial charge >= 0.3 is 0 Å². The number of carbonyl (C=O) groups excluding carboxylic acids is 1. The van der Waals surface area contributed by atoms with Crippen LogP contribution >= 0.6 is 0 Å². The number of piperazine rings is 1. The van der Waals surface area contributed by atoms with Crippen LogP contribution in [-0.2, 0) is 10.0 Å². The molecule has 0 atom stereocenters. The maximum Gasteiger partial charge on any atom is 0.251 e. The quantitative estimate of drug-likeness (QED) is 0.678. The first-order chi connectivity index (χ1) is 11.9. The number of methoxy groups -OCH3 is 1. The van der Waals surface area contributed by atoms with Gasteiger partial charge in [-0.1, -0.05) is 0 Å². The summed E-state index contributed by atoms with van der Waals surface area (Å²) in [6.07, 6.45) is 0. The van der Waals surface area contributed by atoms with E-state index in [-0.39, 0.29) is 16.6 Å². The molecule has 1 heterocycles. The molecule has 1 aromatic carbocycles. The number of hydrogen-bond donors (Lipinski definition) is 2. The Morgan fingerprint density at radius 1 is 1.32 bits per heavy atom. The highest BCUT2D eigenvalue weighted by Crippen LogP contribution is 2.26. The zero-order valence-electron chi connectivity index (χ0n) is 14.9. The van der Waals surface area contributed by atoms with Crippen LogP contribution in [0.15, 0.2) is 23.1 Å². The Morgan fingerprint density at radius 2 is 2.00 bits per heavy atom. The van der Waals surface area contributed by atoms with E-state index in [4.69, 9.17) is 4.74 Å². The molecule has 1 aliphatic rings. The highest BCUT2D eigenvalue weighted by Gasteiger charge is 2.23. The summed E-state index contributed by atoms with van der Waals surface area (Å²) in [6.45, 7) is 5.12. The highest BCUT2D eigenvalue weighted by molar-refractivity contribution is 7.89. The fraction of sp³-hybridized carbons (Fsp3) is 0.562. The van der Waals surface area contributed by atoms with Gasteiger partial charge in [-0.3, -0.25) is 9.69 Å². The highest BCUT2D eigenvalue weighted by atomic mass is 32.2. The Kier molecular flexibility index (Phi) is 6.77. The van der Waals surface area contributed by atoms with Crippen molar-refractivity contribution < 1.29 is 17.9 Å². The summed E-state index contributed by atoms with van der Waals surface area (Å²) in [5, 5.41) is 6.12. The van der Waals surface area contributed by atoms with Gasteiger partial charge < -0.3 is 15.4 Å². The van der Waals surface area contributed by atoms with Crippen molar-refractivity contribution in [3.8, 4) is 5.75 Å². The summed E-state index contributed by atoms with van der Waals surface area (Å²) in [5.41, 5.74) is 0.293. The lowest BCUT2D eigenvalue weighted by Crippen LogP contribution is -2.46. The minimum Gasteiger partial charge on any atom is -0.495 e. The Balaban J connectivity index is 2.06. The Morgan fingerprint density at radius 3 is 2.60 bits per heavy atom. The third-order valence-corrected chi connectivity index (χ3v) is 5.94. The van der Waals surface area contributed by atoms with Crippen LogP contribution in [0.25, 0.3) is 0 Å². The normalized spacial score (nSPS) is 16.0. The van der Waals surface area contributed by atoms with Gasteiger partial charge in [-0.05, 0) is 18.2 Å². The van der Waals surface area contributed by atoms with Crippen LogP contribution in [-0.4, -0.2) is 84.0 Å². The molecular formula is C16H26N4O4S. The molecule has 9 heteroatoms. The second kappa shape index (κ2) is 8.61. The molecule has 1 aromatic rings. The topological polar surface area (TPSA) is 91.0 Å². The van der Waals surface area contributed by atoms with Crippen molar-refractivity contribution in [2.24, 2.45) is 0 Å². The molecule has 8 nitrogen and oxygen atoms in total. The van der Waals surface area contributed by atoms with Gasteiger partial charge in [0.25, 0.3) is 5.91 Å². The Hall–Kier alpha value is -1.68. The molecule has 1 fully saturated rings. The van der Waals surface area contributed by atoms with Crippen LogP contribution < -0.4 is 15.4 Å². The molecule has 0 saturated carbocycles. The molecular weight excluding hydrogens is 344 g/mol. The van der Waals surface area contributed by atoms with Crippen molar-refractivity contribution in [1.82, 2.24) is 19.8 Å². The number of hydrogen-bond acceptors (Lipinski definition) is 6. The van der Waals surface area contributed by atoms with Gasteiger partial charge in [0.15, 0.2) is 0 Å². The minimum absolute atomic E-state index is 0.0187. The molecule has 2 rings (SSSR count). The van der Waals surface area contributed by atoms with Crippen LogP contribution in [0.1, 0.15) is 10.4 Å². The maximum absolute atomic E-state index is 12.4. The van der Waals surface area contributed by atoms with Gasteiger partial charge in [-0.15, -0.1) is 0 Å². The fourth-order valence-electron chi connectivity index (χ4n) is 2.58. The van der Waals surface area contributed by atoms with E-state index in [0.717, 1.165) is 37.0 Å². The number of ether oxygens (including phenoxy) is 1. The zero-order chi connectivity index (χ0) is 18.4. The first-order valence-corrected chi connectivity index (χ1v) is 9.62. The third kappa shape index (κ3) is 4.91. The van der Waals surface area contributed by atoms with E-state index in [1.165, 1.54) is 33.3 Å². The number of rotatable bonds is 7. The molecule has 140 valence electrons. The van der Waals surface area contributed by atoms with Crippen LogP contribution in [0, 0.1) is 0 Å². The third-order valence-electron chi connectivity index (χ3n) is 4.11. The van der Waals surface area contributed by atoms with Gasteiger partial charge in [-0.2, -0.15) is 0 Å². The molecule has 1 amide bonds. The average Bonchev–Trinajstić information content (AvgIpc) is 2.61. The fourth-order valence-corrected chi connectivity index (χ4v) is 3.66. The first-order valence-electron chi connectivity index (χ1n) is 8.18. The number of nitrogens with one attached hydrogen (secondary N) is 2. The maximum atomic E-state index is 12.4. The second-order valence-electron chi connectivity index (χ2n) is 6.00. The van der Waals surface area contributed by atoms with Crippen molar-refractivity contribution in [2.75, 3.05) is 60.5 Å². The first kappa shape index (κ1) is 19.6. The van der Waals surface area contributed by atoms with E-state index in [1.807, 2.05) is 0 Å². The summed E-state index contributed by atoms with van der Waals surface area (Å²) in [6, 6.07) is 4.42. The molecule has 1 saturated heterocycles. The standard InChI is InChI=1S/C16H26N4O4S/c1-19(2)25(22,23)15-12-13(4-5-14(15)24-3)16(21)18-8-11-20-9-6-17-7-10-20/h4-5,12,17H,6-11H2,1-3H3,(H,18,21). The van der Waals surface area contributed by atoms with Crippen LogP contribution in [0.4, 0.5) is 0 Å². The van der Waals surface area contributed by atoms with E-state index < -0.39 is 10.0 Å². The average molecular weight is 370 g/mol. The van der Waals surface area contributed by atoms with E-state index >= 15 is 0 Å². The van der Waals surface area contributed by atoms with E-state index in [2.05, 4.69) is 15.5 Å². The molecule has 0 aromatic heterocycles. The smallest absolute Gasteiger partial charge is 0.251 e. The summed E-state index contributed by atoms with van der Waals surface area (Å²) < 4.78 is 31.0. The summed E-state index contributed by atoms with van der Waals surface area (Å²) in [4.78, 5) is 14.6. The van der Waals surface area contributed by atoms with Gasteiger partial charge in [0.05, 0.1) is 7.11 Å². The summed E-state index contributed by atoms with van der Waals surface area (Å²) in [7, 11) is 0.579. The number of carbonyl (C=O) groups is 1. The van der Waals surface area contributed by atoms with Gasteiger partial charge in [0.1, 0.15) is 10.6 Å². The lowest BCUT2D eigenvalue weighted by Gasteiger charge is -2.27. The van der Waals surface area contributed by atoms with Gasteiger partial charge in [0.2, 0.25) is 10.0 Å². The van der Waals surface area contributed by atoms with Crippen LogP contribution in [0.2, 0.25) is 0 Å². The van der Waals surface area contributed by atoms with Crippen molar-refractivity contribution >= 4 is 15.9 Å². The summed E-state index contributed by atoms with van der Waals surface area (Å²) >= 11 is 0. The molecule has 25 heavy (non-hydrogen) atoms. The van der Waals surface area contributed by atoms with Crippen LogP contribution in [0.3, 0.4) is 0 Å². The predicted molar refractivity (Wildman–Crippen MR) is 95.5 cm³/mol. The Labute approximate surface area is 149 Å². The number of amides is 1. The van der Waals surface area contributed by atoms with E-state index in [9.17, 15) is 13.2 Å². The van der Waals surface area contributed by atoms with E-state index in [0.29, 0.717) is 12.1 Å².